The van der Waals surface area contributed by atoms with Crippen LogP contribution in [-0.4, -0.2) is 10.8 Å². The molecule has 6 atom stereocenters. The molecule has 2 aromatic rings. The summed E-state index contributed by atoms with van der Waals surface area (Å²) in [6.45, 7) is 4.82. The van der Waals surface area contributed by atoms with Crippen molar-refractivity contribution in [2.24, 2.45) is 28.6 Å². The van der Waals surface area contributed by atoms with E-state index in [0.717, 1.165) is 48.1 Å². The molecule has 0 N–H and O–H groups in total. The second-order valence-electron chi connectivity index (χ2n) is 10.8. The Morgan fingerprint density at radius 2 is 1.80 bits per heavy atom. The lowest BCUT2D eigenvalue weighted by Crippen LogP contribution is -2.52. The van der Waals surface area contributed by atoms with Gasteiger partial charge >= 0.3 is 0 Å². The third-order valence-corrected chi connectivity index (χ3v) is 10.9. The van der Waals surface area contributed by atoms with Crippen LogP contribution in [0.15, 0.2) is 24.3 Å². The van der Waals surface area contributed by atoms with Gasteiger partial charge in [0.2, 0.25) is 0 Å². The zero-order valence-electron chi connectivity index (χ0n) is 17.9. The van der Waals surface area contributed by atoms with E-state index in [1.165, 1.54) is 48.4 Å². The smallest absolute Gasteiger partial charge is 0.139 e. The van der Waals surface area contributed by atoms with Crippen LogP contribution in [0, 0.1) is 34.4 Å². The molecule has 1 aromatic heterocycles. The molecule has 0 amide bonds. The summed E-state index contributed by atoms with van der Waals surface area (Å²) in [6, 6.07) is 6.78. The van der Waals surface area contributed by atoms with E-state index in [-0.39, 0.29) is 11.2 Å². The highest BCUT2D eigenvalue weighted by atomic mass is 32.1. The molecule has 4 aliphatic carbocycles. The summed E-state index contributed by atoms with van der Waals surface area (Å²) < 4.78 is 13.4. The van der Waals surface area contributed by atoms with Gasteiger partial charge in [-0.3, -0.25) is 4.79 Å². The summed E-state index contributed by atoms with van der Waals surface area (Å²) in [5.41, 5.74) is 2.61. The largest absolute Gasteiger partial charge is 0.299 e. The van der Waals surface area contributed by atoms with Gasteiger partial charge in [0.1, 0.15) is 16.6 Å². The third kappa shape index (κ3) is 2.52. The van der Waals surface area contributed by atoms with Gasteiger partial charge in [-0.15, -0.1) is 11.3 Å². The number of nitrogens with zero attached hydrogens (tertiary/aromatic N) is 1. The second-order valence-corrected chi connectivity index (χ2v) is 11.8. The van der Waals surface area contributed by atoms with Crippen LogP contribution in [0.5, 0.6) is 0 Å². The Hall–Kier alpha value is -1.55. The van der Waals surface area contributed by atoms with E-state index in [9.17, 15) is 9.18 Å². The van der Waals surface area contributed by atoms with Crippen molar-refractivity contribution in [3.05, 3.63) is 40.7 Å². The quantitative estimate of drug-likeness (QED) is 0.505. The molecule has 3 fully saturated rings. The minimum Gasteiger partial charge on any atom is -0.299 e. The van der Waals surface area contributed by atoms with E-state index in [0.29, 0.717) is 23.0 Å². The number of hydrogen-bond acceptors (Lipinski definition) is 3. The van der Waals surface area contributed by atoms with E-state index in [1.807, 2.05) is 23.5 Å². The van der Waals surface area contributed by atoms with Gasteiger partial charge in [-0.25, -0.2) is 9.37 Å². The first-order valence-electron chi connectivity index (χ1n) is 11.7. The van der Waals surface area contributed by atoms with Crippen LogP contribution >= 0.6 is 11.3 Å². The SMILES string of the molecule is C[C@]12CCc3nc(-c4ccc(F)cc4)sc3[C@@H]1CC[C@@H]1[C@@H]2CC[C@]2(C)C(=O)CC[C@@H]12. The normalized spacial score (nSPS) is 39.8. The van der Waals surface area contributed by atoms with Gasteiger partial charge in [0.25, 0.3) is 0 Å². The molecule has 4 aliphatic rings. The first-order chi connectivity index (χ1) is 14.4. The predicted molar refractivity (Wildman–Crippen MR) is 118 cm³/mol. The van der Waals surface area contributed by atoms with Gasteiger partial charge in [0, 0.05) is 28.2 Å². The van der Waals surface area contributed by atoms with Crippen molar-refractivity contribution in [3.63, 3.8) is 0 Å². The summed E-state index contributed by atoms with van der Waals surface area (Å²) >= 11 is 1.85. The van der Waals surface area contributed by atoms with E-state index in [2.05, 4.69) is 13.8 Å². The fraction of sp³-hybridized carbons (Fsp3) is 0.615. The highest BCUT2D eigenvalue weighted by molar-refractivity contribution is 7.15. The molecule has 2 nitrogen and oxygen atoms in total. The standard InChI is InChI=1S/C26H30FNOS/c1-25-14-12-21-23(30-24(28-21)15-3-5-16(27)6-4-15)20(25)8-7-17-18-9-10-22(29)26(18,2)13-11-19(17)25/h3-6,17-20H,7-14H2,1-2H3/t17-,18-,19-,20-,25+,26-/m0/s1. The molecule has 30 heavy (non-hydrogen) atoms. The third-order valence-electron chi connectivity index (χ3n) is 9.61. The number of fused-ring (bicyclic) bond motifs is 7. The maximum atomic E-state index is 13.4. The topological polar surface area (TPSA) is 30.0 Å². The van der Waals surface area contributed by atoms with E-state index < -0.39 is 0 Å². The van der Waals surface area contributed by atoms with Crippen LogP contribution in [0.1, 0.15) is 75.3 Å². The lowest BCUT2D eigenvalue weighted by atomic mass is 9.46. The molecule has 4 heteroatoms. The van der Waals surface area contributed by atoms with Crippen molar-refractivity contribution in [2.45, 2.75) is 71.1 Å². The Labute approximate surface area is 182 Å². The van der Waals surface area contributed by atoms with Gasteiger partial charge in [0.15, 0.2) is 0 Å². The Morgan fingerprint density at radius 1 is 1.00 bits per heavy atom. The number of carbonyl (C=O) groups is 1. The van der Waals surface area contributed by atoms with Gasteiger partial charge in [-0.05, 0) is 92.4 Å². The second kappa shape index (κ2) is 6.48. The first kappa shape index (κ1) is 19.2. The van der Waals surface area contributed by atoms with Crippen LogP contribution in [0.4, 0.5) is 4.39 Å². The van der Waals surface area contributed by atoms with Crippen molar-refractivity contribution in [1.29, 1.82) is 0 Å². The molecule has 0 spiro atoms. The summed E-state index contributed by atoms with van der Waals surface area (Å²) in [5, 5.41) is 1.05. The minimum absolute atomic E-state index is 0.0373. The molecular weight excluding hydrogens is 393 g/mol. The molecule has 1 heterocycles. The average Bonchev–Trinajstić information content (AvgIpc) is 3.29. The highest BCUT2D eigenvalue weighted by Gasteiger charge is 2.60. The van der Waals surface area contributed by atoms with E-state index >= 15 is 0 Å². The Balaban J connectivity index is 1.34. The van der Waals surface area contributed by atoms with E-state index in [1.54, 1.807) is 0 Å². The monoisotopic (exact) mass is 423 g/mol. The molecule has 0 unspecified atom stereocenters. The maximum Gasteiger partial charge on any atom is 0.139 e. The van der Waals surface area contributed by atoms with Crippen LogP contribution in [0.2, 0.25) is 0 Å². The Morgan fingerprint density at radius 3 is 2.60 bits per heavy atom. The molecule has 3 saturated carbocycles. The van der Waals surface area contributed by atoms with Crippen molar-refractivity contribution < 1.29 is 9.18 Å². The average molecular weight is 424 g/mol. The van der Waals surface area contributed by atoms with Gasteiger partial charge in [-0.1, -0.05) is 13.8 Å². The van der Waals surface area contributed by atoms with Gasteiger partial charge in [0.05, 0.1) is 5.69 Å². The number of Topliss-reactive ketones (excluding diaryl/α,β-unsaturated/α-hetero) is 1. The van der Waals surface area contributed by atoms with Crippen LogP contribution in [0.25, 0.3) is 10.6 Å². The molecule has 0 bridgehead atoms. The number of ketones is 1. The van der Waals surface area contributed by atoms with Crippen molar-refractivity contribution in [3.8, 4) is 10.6 Å². The predicted octanol–water partition coefficient (Wildman–Crippen LogP) is 6.79. The molecule has 158 valence electrons. The zero-order valence-corrected chi connectivity index (χ0v) is 18.7. The number of aryl methyl sites for hydroxylation is 1. The zero-order chi connectivity index (χ0) is 20.7. The summed E-state index contributed by atoms with van der Waals surface area (Å²) in [4.78, 5) is 19.2. The Bertz CT molecular complexity index is 1010. The number of thiazole rings is 1. The van der Waals surface area contributed by atoms with Gasteiger partial charge < -0.3 is 0 Å². The number of carbonyl (C=O) groups excluding carboxylic acids is 1. The Kier molecular flexibility index (Phi) is 4.14. The molecule has 1 aromatic carbocycles. The lowest BCUT2D eigenvalue weighted by Gasteiger charge is -2.59. The number of rotatable bonds is 1. The van der Waals surface area contributed by atoms with Crippen LogP contribution < -0.4 is 0 Å². The van der Waals surface area contributed by atoms with E-state index in [4.69, 9.17) is 4.98 Å². The van der Waals surface area contributed by atoms with Crippen molar-refractivity contribution >= 4 is 17.1 Å². The van der Waals surface area contributed by atoms with Crippen molar-refractivity contribution in [1.82, 2.24) is 4.98 Å². The van der Waals surface area contributed by atoms with Crippen LogP contribution in [0.3, 0.4) is 0 Å². The highest BCUT2D eigenvalue weighted by Crippen LogP contribution is 2.67. The summed E-state index contributed by atoms with van der Waals surface area (Å²) in [6.07, 6.45) is 9.02. The molecule has 0 aliphatic heterocycles. The lowest BCUT2D eigenvalue weighted by molar-refractivity contribution is -0.134. The summed E-state index contributed by atoms with van der Waals surface area (Å²) in [7, 11) is 0. The molecule has 0 saturated heterocycles. The fourth-order valence-corrected chi connectivity index (χ4v) is 9.35. The maximum absolute atomic E-state index is 13.4. The molecular formula is C26H30FNOS. The summed E-state index contributed by atoms with van der Waals surface area (Å²) in [5.74, 6) is 3.01. The number of benzene rings is 1. The first-order valence-corrected chi connectivity index (χ1v) is 12.5. The van der Waals surface area contributed by atoms with Crippen molar-refractivity contribution in [2.75, 3.05) is 0 Å². The number of hydrogen-bond donors (Lipinski definition) is 0. The molecule has 0 radical (unpaired) electrons. The van der Waals surface area contributed by atoms with Crippen LogP contribution in [-0.2, 0) is 11.2 Å². The minimum atomic E-state index is -0.194. The fourth-order valence-electron chi connectivity index (χ4n) is 7.94. The molecule has 6 rings (SSSR count). The number of halogens is 1. The number of aromatic nitrogens is 1. The van der Waals surface area contributed by atoms with Gasteiger partial charge in [-0.2, -0.15) is 0 Å².